The smallest absolute Gasteiger partial charge is 0.123 e. The molecule has 20 heavy (non-hydrogen) atoms. The van der Waals surface area contributed by atoms with Crippen LogP contribution in [0.25, 0.3) is 0 Å². The first kappa shape index (κ1) is 14.7. The predicted molar refractivity (Wildman–Crippen MR) is 82.3 cm³/mol. The Bertz CT molecular complexity index is 574. The number of nitrogens with one attached hydrogen (secondary N) is 1. The summed E-state index contributed by atoms with van der Waals surface area (Å²) in [6.07, 6.45) is 0. The highest BCUT2D eigenvalue weighted by Gasteiger charge is 2.12. The number of hydrogen-bond donors (Lipinski definition) is 1. The molecule has 0 spiro atoms. The second kappa shape index (κ2) is 6.19. The molecule has 1 N–H and O–H groups in total. The summed E-state index contributed by atoms with van der Waals surface area (Å²) in [5.41, 5.74) is 4.99. The highest BCUT2D eigenvalue weighted by molar-refractivity contribution is 5.32. The molecular formula is C18H22FN. The van der Waals surface area contributed by atoms with Crippen LogP contribution in [0.1, 0.15) is 48.2 Å². The van der Waals surface area contributed by atoms with Gasteiger partial charge in [-0.05, 0) is 56.5 Å². The predicted octanol–water partition coefficient (Wildman–Crippen LogP) is 4.85. The molecule has 0 heterocycles. The van der Waals surface area contributed by atoms with Gasteiger partial charge in [-0.15, -0.1) is 0 Å². The fourth-order valence-corrected chi connectivity index (χ4v) is 2.62. The van der Waals surface area contributed by atoms with Gasteiger partial charge >= 0.3 is 0 Å². The van der Waals surface area contributed by atoms with Gasteiger partial charge in [0.25, 0.3) is 0 Å². The lowest BCUT2D eigenvalue weighted by molar-refractivity contribution is 0.492. The van der Waals surface area contributed by atoms with E-state index in [4.69, 9.17) is 0 Å². The van der Waals surface area contributed by atoms with E-state index in [9.17, 15) is 4.39 Å². The zero-order valence-electron chi connectivity index (χ0n) is 12.6. The maximum Gasteiger partial charge on any atom is 0.123 e. The standard InChI is InChI=1S/C18H22FN/c1-12-5-10-18(13(2)11-12)15(4)20-14(3)16-6-8-17(19)9-7-16/h5-11,14-15,20H,1-4H3/t14-,15?/m1/s1. The van der Waals surface area contributed by atoms with Gasteiger partial charge in [-0.2, -0.15) is 0 Å². The van der Waals surface area contributed by atoms with Crippen LogP contribution in [0.4, 0.5) is 4.39 Å². The zero-order chi connectivity index (χ0) is 14.7. The summed E-state index contributed by atoms with van der Waals surface area (Å²) in [5, 5.41) is 3.57. The summed E-state index contributed by atoms with van der Waals surface area (Å²) in [6, 6.07) is 13.7. The highest BCUT2D eigenvalue weighted by atomic mass is 19.1. The van der Waals surface area contributed by atoms with Crippen molar-refractivity contribution >= 4 is 0 Å². The van der Waals surface area contributed by atoms with Gasteiger partial charge < -0.3 is 5.32 Å². The highest BCUT2D eigenvalue weighted by Crippen LogP contribution is 2.22. The molecule has 2 rings (SSSR count). The topological polar surface area (TPSA) is 12.0 Å². The van der Waals surface area contributed by atoms with Gasteiger partial charge in [0.2, 0.25) is 0 Å². The molecule has 0 amide bonds. The Morgan fingerprint density at radius 2 is 1.55 bits per heavy atom. The first-order chi connectivity index (χ1) is 9.47. The quantitative estimate of drug-likeness (QED) is 0.837. The molecule has 106 valence electrons. The lowest BCUT2D eigenvalue weighted by atomic mass is 9.99. The van der Waals surface area contributed by atoms with Crippen LogP contribution in [-0.2, 0) is 0 Å². The third-order valence-corrected chi connectivity index (χ3v) is 3.76. The Morgan fingerprint density at radius 3 is 2.15 bits per heavy atom. The second-order valence-electron chi connectivity index (χ2n) is 5.52. The van der Waals surface area contributed by atoms with Crippen LogP contribution < -0.4 is 5.32 Å². The molecule has 2 aromatic carbocycles. The van der Waals surface area contributed by atoms with Crippen LogP contribution in [0.15, 0.2) is 42.5 Å². The van der Waals surface area contributed by atoms with Gasteiger partial charge in [-0.25, -0.2) is 4.39 Å². The first-order valence-electron chi connectivity index (χ1n) is 7.06. The van der Waals surface area contributed by atoms with Crippen LogP contribution >= 0.6 is 0 Å². The maximum atomic E-state index is 12.9. The normalized spacial score (nSPS) is 14.1. The van der Waals surface area contributed by atoms with Crippen molar-refractivity contribution in [3.05, 3.63) is 70.5 Å². The van der Waals surface area contributed by atoms with Gasteiger partial charge in [0, 0.05) is 12.1 Å². The third-order valence-electron chi connectivity index (χ3n) is 3.76. The summed E-state index contributed by atoms with van der Waals surface area (Å²) in [6.45, 7) is 8.52. The Balaban J connectivity index is 2.10. The molecular weight excluding hydrogens is 249 g/mol. The van der Waals surface area contributed by atoms with E-state index in [-0.39, 0.29) is 17.9 Å². The largest absolute Gasteiger partial charge is 0.304 e. The van der Waals surface area contributed by atoms with Crippen LogP contribution in [-0.4, -0.2) is 0 Å². The fourth-order valence-electron chi connectivity index (χ4n) is 2.62. The Kier molecular flexibility index (Phi) is 4.56. The Hall–Kier alpha value is -1.67. The lowest BCUT2D eigenvalue weighted by Crippen LogP contribution is -2.23. The van der Waals surface area contributed by atoms with Crippen molar-refractivity contribution in [2.24, 2.45) is 0 Å². The van der Waals surface area contributed by atoms with Crippen molar-refractivity contribution in [1.82, 2.24) is 5.32 Å². The Morgan fingerprint density at radius 1 is 0.900 bits per heavy atom. The van der Waals surface area contributed by atoms with E-state index in [0.717, 1.165) is 5.56 Å². The SMILES string of the molecule is Cc1ccc(C(C)N[C@H](C)c2ccc(F)cc2)c(C)c1. The first-order valence-corrected chi connectivity index (χ1v) is 7.06. The Labute approximate surface area is 120 Å². The van der Waals surface area contributed by atoms with E-state index < -0.39 is 0 Å². The molecule has 0 aliphatic rings. The molecule has 0 aliphatic heterocycles. The lowest BCUT2D eigenvalue weighted by Gasteiger charge is -2.22. The molecule has 1 unspecified atom stereocenters. The van der Waals surface area contributed by atoms with Gasteiger partial charge in [-0.1, -0.05) is 35.9 Å². The summed E-state index contributed by atoms with van der Waals surface area (Å²) in [7, 11) is 0. The van der Waals surface area contributed by atoms with E-state index in [1.54, 1.807) is 0 Å². The van der Waals surface area contributed by atoms with Crippen molar-refractivity contribution in [3.8, 4) is 0 Å². The minimum absolute atomic E-state index is 0.186. The molecule has 1 nitrogen and oxygen atoms in total. The molecule has 0 bridgehead atoms. The van der Waals surface area contributed by atoms with E-state index in [0.29, 0.717) is 0 Å². The molecule has 0 radical (unpaired) electrons. The van der Waals surface area contributed by atoms with Crippen molar-refractivity contribution in [3.63, 3.8) is 0 Å². The van der Waals surface area contributed by atoms with Crippen LogP contribution in [0, 0.1) is 19.7 Å². The van der Waals surface area contributed by atoms with Gasteiger partial charge in [0.15, 0.2) is 0 Å². The zero-order valence-corrected chi connectivity index (χ0v) is 12.6. The number of aryl methyl sites for hydroxylation is 2. The molecule has 2 atom stereocenters. The van der Waals surface area contributed by atoms with Crippen LogP contribution in [0.2, 0.25) is 0 Å². The minimum Gasteiger partial charge on any atom is -0.304 e. The molecule has 0 fully saturated rings. The van der Waals surface area contributed by atoms with Crippen LogP contribution in [0.5, 0.6) is 0 Å². The van der Waals surface area contributed by atoms with E-state index >= 15 is 0 Å². The van der Waals surface area contributed by atoms with E-state index in [1.807, 2.05) is 12.1 Å². The van der Waals surface area contributed by atoms with Crippen molar-refractivity contribution < 1.29 is 4.39 Å². The summed E-state index contributed by atoms with van der Waals surface area (Å²) >= 11 is 0. The molecule has 2 heteroatoms. The second-order valence-corrected chi connectivity index (χ2v) is 5.52. The average Bonchev–Trinajstić information content (AvgIpc) is 2.39. The third kappa shape index (κ3) is 3.45. The van der Waals surface area contributed by atoms with Crippen molar-refractivity contribution in [2.45, 2.75) is 39.8 Å². The van der Waals surface area contributed by atoms with E-state index in [1.165, 1.54) is 28.8 Å². The fraction of sp³-hybridized carbons (Fsp3) is 0.333. The van der Waals surface area contributed by atoms with Crippen molar-refractivity contribution in [1.29, 1.82) is 0 Å². The van der Waals surface area contributed by atoms with Crippen LogP contribution in [0.3, 0.4) is 0 Å². The number of rotatable bonds is 4. The minimum atomic E-state index is -0.191. The maximum absolute atomic E-state index is 12.9. The molecule has 0 aromatic heterocycles. The van der Waals surface area contributed by atoms with Gasteiger partial charge in [0.05, 0.1) is 0 Å². The van der Waals surface area contributed by atoms with Crippen molar-refractivity contribution in [2.75, 3.05) is 0 Å². The molecule has 0 aliphatic carbocycles. The van der Waals surface area contributed by atoms with Gasteiger partial charge in [-0.3, -0.25) is 0 Å². The number of hydrogen-bond acceptors (Lipinski definition) is 1. The molecule has 2 aromatic rings. The molecule has 0 saturated heterocycles. The summed E-state index contributed by atoms with van der Waals surface area (Å²) < 4.78 is 12.9. The summed E-state index contributed by atoms with van der Waals surface area (Å²) in [5.74, 6) is -0.191. The molecule has 0 saturated carbocycles. The summed E-state index contributed by atoms with van der Waals surface area (Å²) in [4.78, 5) is 0. The monoisotopic (exact) mass is 271 g/mol. The van der Waals surface area contributed by atoms with Gasteiger partial charge in [0.1, 0.15) is 5.82 Å². The average molecular weight is 271 g/mol. The van der Waals surface area contributed by atoms with E-state index in [2.05, 4.69) is 51.2 Å². The number of halogens is 1. The number of benzene rings is 2.